The molecule has 0 bridgehead atoms. The first-order chi connectivity index (χ1) is 13.5. The number of Topliss-reactive ketones (excluding diaryl/α,β-unsaturated/α-hetero) is 1. The minimum atomic E-state index is -0.412. The first-order valence-electron chi connectivity index (χ1n) is 8.38. The maximum absolute atomic E-state index is 11.4. The number of nitro groups is 1. The van der Waals surface area contributed by atoms with Gasteiger partial charge in [-0.05, 0) is 36.8 Å². The Balaban J connectivity index is 1.78. The van der Waals surface area contributed by atoms with Crippen molar-refractivity contribution in [1.29, 1.82) is 0 Å². The fourth-order valence-electron chi connectivity index (χ4n) is 2.89. The number of benzene rings is 2. The predicted molar refractivity (Wildman–Crippen MR) is 109 cm³/mol. The number of anilines is 2. The lowest BCUT2D eigenvalue weighted by Crippen LogP contribution is -1.97. The summed E-state index contributed by atoms with van der Waals surface area (Å²) in [5, 5.41) is 17.1. The highest BCUT2D eigenvalue weighted by Gasteiger charge is 2.15. The maximum atomic E-state index is 11.4. The van der Waals surface area contributed by atoms with Crippen LogP contribution in [0, 0.1) is 10.1 Å². The van der Waals surface area contributed by atoms with Gasteiger partial charge in [-0.3, -0.25) is 14.9 Å². The average Bonchev–Trinajstić information content (AvgIpc) is 3.14. The number of carbonyl (C=O) groups excluding carboxylic acids is 1. The Kier molecular flexibility index (Phi) is 4.54. The van der Waals surface area contributed by atoms with E-state index in [2.05, 4.69) is 15.3 Å². The summed E-state index contributed by atoms with van der Waals surface area (Å²) in [5.41, 5.74) is 2.99. The number of fused-ring (bicyclic) bond motifs is 1. The molecule has 4 aromatic rings. The molecular formula is C20H14N4O3S. The van der Waals surface area contributed by atoms with Crippen molar-refractivity contribution in [1.82, 2.24) is 9.97 Å². The minimum absolute atomic E-state index is 0.00164. The van der Waals surface area contributed by atoms with E-state index >= 15 is 0 Å². The third-order valence-electron chi connectivity index (χ3n) is 4.29. The van der Waals surface area contributed by atoms with Gasteiger partial charge in [-0.25, -0.2) is 9.97 Å². The molecule has 7 nitrogen and oxygen atoms in total. The molecule has 0 atom stereocenters. The van der Waals surface area contributed by atoms with Crippen LogP contribution in [0.4, 0.5) is 17.2 Å². The van der Waals surface area contributed by atoms with E-state index in [1.165, 1.54) is 30.7 Å². The topological polar surface area (TPSA) is 98.0 Å². The first-order valence-corrected chi connectivity index (χ1v) is 9.26. The molecule has 0 radical (unpaired) electrons. The van der Waals surface area contributed by atoms with Crippen LogP contribution in [0.25, 0.3) is 21.3 Å². The van der Waals surface area contributed by atoms with Gasteiger partial charge < -0.3 is 5.32 Å². The summed E-state index contributed by atoms with van der Waals surface area (Å²) >= 11 is 1.45. The van der Waals surface area contributed by atoms with E-state index in [0.29, 0.717) is 11.4 Å². The lowest BCUT2D eigenvalue weighted by Gasteiger charge is -2.09. The van der Waals surface area contributed by atoms with Crippen LogP contribution in [0.3, 0.4) is 0 Å². The van der Waals surface area contributed by atoms with Crippen LogP contribution < -0.4 is 5.32 Å². The quantitative estimate of drug-likeness (QED) is 0.285. The van der Waals surface area contributed by atoms with Crippen molar-refractivity contribution in [2.24, 2.45) is 0 Å². The lowest BCUT2D eigenvalue weighted by atomic mass is 10.1. The molecular weight excluding hydrogens is 376 g/mol. The van der Waals surface area contributed by atoms with Gasteiger partial charge in [0.05, 0.1) is 10.3 Å². The van der Waals surface area contributed by atoms with Gasteiger partial charge in [0.2, 0.25) is 0 Å². The molecule has 28 heavy (non-hydrogen) atoms. The number of non-ortho nitro benzene ring substituents is 1. The fraction of sp³-hybridized carbons (Fsp3) is 0.0500. The summed E-state index contributed by atoms with van der Waals surface area (Å²) in [6, 6.07) is 13.6. The monoisotopic (exact) mass is 390 g/mol. The normalized spacial score (nSPS) is 10.8. The van der Waals surface area contributed by atoms with Gasteiger partial charge in [-0.1, -0.05) is 12.1 Å². The van der Waals surface area contributed by atoms with Crippen LogP contribution >= 0.6 is 11.3 Å². The van der Waals surface area contributed by atoms with Gasteiger partial charge >= 0.3 is 0 Å². The zero-order chi connectivity index (χ0) is 19.7. The number of aromatic nitrogens is 2. The van der Waals surface area contributed by atoms with Crippen molar-refractivity contribution < 1.29 is 9.72 Å². The predicted octanol–water partition coefficient (Wildman–Crippen LogP) is 5.21. The van der Waals surface area contributed by atoms with Gasteiger partial charge in [0, 0.05) is 34.3 Å². The molecule has 1 N–H and O–H groups in total. The van der Waals surface area contributed by atoms with Crippen LogP contribution in [0.15, 0.2) is 60.2 Å². The van der Waals surface area contributed by atoms with Crippen LogP contribution in [-0.4, -0.2) is 20.7 Å². The molecule has 0 spiro atoms. The standard InChI is InChI=1S/C20H14N4O3S/c1-12(25)13-5-7-15(8-6-13)23-19-18-17(10-28-20(18)22-11-21-19)14-3-2-4-16(9-14)24(26)27/h2-11H,1H3,(H,21,22,23). The number of nitrogens with zero attached hydrogens (tertiary/aromatic N) is 3. The van der Waals surface area contributed by atoms with E-state index < -0.39 is 4.92 Å². The third-order valence-corrected chi connectivity index (χ3v) is 5.18. The number of hydrogen-bond donors (Lipinski definition) is 1. The first kappa shape index (κ1) is 17.7. The van der Waals surface area contributed by atoms with Crippen molar-refractivity contribution in [2.45, 2.75) is 6.92 Å². The Morgan fingerprint density at radius 1 is 1.14 bits per heavy atom. The van der Waals surface area contributed by atoms with Gasteiger partial charge in [0.15, 0.2) is 5.78 Å². The minimum Gasteiger partial charge on any atom is -0.340 e. The van der Waals surface area contributed by atoms with E-state index in [1.807, 2.05) is 23.6 Å². The Labute approximate surface area is 163 Å². The molecule has 0 fully saturated rings. The van der Waals surface area contributed by atoms with E-state index in [4.69, 9.17) is 0 Å². The molecule has 2 aromatic carbocycles. The molecule has 2 aromatic heterocycles. The summed E-state index contributed by atoms with van der Waals surface area (Å²) < 4.78 is 0. The molecule has 0 aliphatic rings. The molecule has 8 heteroatoms. The highest BCUT2D eigenvalue weighted by molar-refractivity contribution is 7.17. The van der Waals surface area contributed by atoms with Crippen molar-refractivity contribution in [3.05, 3.63) is 75.9 Å². The second-order valence-electron chi connectivity index (χ2n) is 6.12. The molecule has 0 aliphatic heterocycles. The van der Waals surface area contributed by atoms with Crippen molar-refractivity contribution in [2.75, 3.05) is 5.32 Å². The van der Waals surface area contributed by atoms with E-state index in [-0.39, 0.29) is 11.5 Å². The van der Waals surface area contributed by atoms with Crippen LogP contribution in [0.2, 0.25) is 0 Å². The number of carbonyl (C=O) groups is 1. The number of nitro benzene ring substituents is 1. The maximum Gasteiger partial charge on any atom is 0.270 e. The third kappa shape index (κ3) is 3.33. The molecule has 0 saturated carbocycles. The van der Waals surface area contributed by atoms with E-state index in [1.54, 1.807) is 24.3 Å². The molecule has 0 unspecified atom stereocenters. The number of ketones is 1. The zero-order valence-corrected chi connectivity index (χ0v) is 15.6. The summed E-state index contributed by atoms with van der Waals surface area (Å²) in [7, 11) is 0. The van der Waals surface area contributed by atoms with Crippen LogP contribution in [0.1, 0.15) is 17.3 Å². The Bertz CT molecular complexity index is 1200. The molecule has 0 saturated heterocycles. The van der Waals surface area contributed by atoms with E-state index in [0.717, 1.165) is 27.0 Å². The second-order valence-corrected chi connectivity index (χ2v) is 6.98. The Morgan fingerprint density at radius 3 is 2.64 bits per heavy atom. The van der Waals surface area contributed by atoms with E-state index in [9.17, 15) is 14.9 Å². The van der Waals surface area contributed by atoms with Crippen molar-refractivity contribution >= 4 is 44.5 Å². The number of thiophene rings is 1. The number of nitrogens with one attached hydrogen (secondary N) is 1. The van der Waals surface area contributed by atoms with Crippen molar-refractivity contribution in [3.63, 3.8) is 0 Å². The molecule has 0 aliphatic carbocycles. The highest BCUT2D eigenvalue weighted by Crippen LogP contribution is 2.38. The van der Waals surface area contributed by atoms with Crippen LogP contribution in [0.5, 0.6) is 0 Å². The smallest absolute Gasteiger partial charge is 0.270 e. The summed E-state index contributed by atoms with van der Waals surface area (Å²) in [6.07, 6.45) is 1.47. The van der Waals surface area contributed by atoms with Gasteiger partial charge in [-0.2, -0.15) is 0 Å². The van der Waals surface area contributed by atoms with Gasteiger partial charge in [0.1, 0.15) is 17.0 Å². The Hall–Kier alpha value is -3.65. The van der Waals surface area contributed by atoms with Gasteiger partial charge in [0.25, 0.3) is 5.69 Å². The summed E-state index contributed by atoms with van der Waals surface area (Å²) in [5.74, 6) is 0.602. The molecule has 138 valence electrons. The van der Waals surface area contributed by atoms with Gasteiger partial charge in [-0.15, -0.1) is 11.3 Å². The SMILES string of the molecule is CC(=O)c1ccc(Nc2ncnc3scc(-c4cccc([N+](=O)[O-])c4)c23)cc1. The Morgan fingerprint density at radius 2 is 1.93 bits per heavy atom. The van der Waals surface area contributed by atoms with Crippen LogP contribution in [-0.2, 0) is 0 Å². The van der Waals surface area contributed by atoms with Crippen molar-refractivity contribution in [3.8, 4) is 11.1 Å². The lowest BCUT2D eigenvalue weighted by molar-refractivity contribution is -0.384. The average molecular weight is 390 g/mol. The molecule has 4 rings (SSSR count). The molecule has 0 amide bonds. The second kappa shape index (κ2) is 7.16. The number of hydrogen-bond acceptors (Lipinski definition) is 7. The fourth-order valence-corrected chi connectivity index (χ4v) is 3.81. The summed E-state index contributed by atoms with van der Waals surface area (Å²) in [4.78, 5) is 31.6. The largest absolute Gasteiger partial charge is 0.340 e. The highest BCUT2D eigenvalue weighted by atomic mass is 32.1. The molecule has 2 heterocycles. The zero-order valence-electron chi connectivity index (χ0n) is 14.7. The summed E-state index contributed by atoms with van der Waals surface area (Å²) in [6.45, 7) is 1.52. The number of rotatable bonds is 5.